The Morgan fingerprint density at radius 2 is 1.90 bits per heavy atom. The number of amides is 3. The molecule has 156 valence electrons. The third kappa shape index (κ3) is 4.87. The minimum absolute atomic E-state index is 0.139. The van der Waals surface area contributed by atoms with E-state index < -0.39 is 23.6 Å². The zero-order valence-corrected chi connectivity index (χ0v) is 17.4. The van der Waals surface area contributed by atoms with Crippen molar-refractivity contribution < 1.29 is 23.2 Å². The molecule has 0 atom stereocenters. The SMILES string of the molecule is O=C(CN1C(=O)S/C(=C\c2ccc(-c3ccc(F)cc3)o2)C1=O)Nc1cccc(Cl)c1. The minimum atomic E-state index is -0.587. The predicted octanol–water partition coefficient (Wildman–Crippen LogP) is 5.41. The van der Waals surface area contributed by atoms with Crippen molar-refractivity contribution in [1.82, 2.24) is 4.90 Å². The van der Waals surface area contributed by atoms with Crippen molar-refractivity contribution in [3.05, 3.63) is 82.2 Å². The molecule has 0 aliphatic carbocycles. The van der Waals surface area contributed by atoms with Gasteiger partial charge in [0.15, 0.2) is 0 Å². The van der Waals surface area contributed by atoms with E-state index in [4.69, 9.17) is 16.0 Å². The van der Waals surface area contributed by atoms with Crippen LogP contribution in [0.15, 0.2) is 70.0 Å². The van der Waals surface area contributed by atoms with Gasteiger partial charge >= 0.3 is 0 Å². The largest absolute Gasteiger partial charge is 0.457 e. The fourth-order valence-electron chi connectivity index (χ4n) is 2.88. The Bertz CT molecular complexity index is 1210. The number of imide groups is 1. The number of anilines is 1. The molecule has 6 nitrogen and oxygen atoms in total. The van der Waals surface area contributed by atoms with Crippen LogP contribution in [0.3, 0.4) is 0 Å². The van der Waals surface area contributed by atoms with E-state index >= 15 is 0 Å². The normalized spacial score (nSPS) is 15.0. The maximum Gasteiger partial charge on any atom is 0.294 e. The van der Waals surface area contributed by atoms with E-state index in [1.54, 1.807) is 48.5 Å². The first-order chi connectivity index (χ1) is 14.9. The van der Waals surface area contributed by atoms with Crippen LogP contribution in [0.1, 0.15) is 5.76 Å². The number of thioether (sulfide) groups is 1. The van der Waals surface area contributed by atoms with Crippen LogP contribution in [0.4, 0.5) is 14.9 Å². The summed E-state index contributed by atoms with van der Waals surface area (Å²) < 4.78 is 18.7. The second-order valence-electron chi connectivity index (χ2n) is 6.54. The predicted molar refractivity (Wildman–Crippen MR) is 117 cm³/mol. The molecule has 0 saturated carbocycles. The van der Waals surface area contributed by atoms with Crippen LogP contribution in [-0.4, -0.2) is 28.5 Å². The Hall–Kier alpha value is -3.36. The van der Waals surface area contributed by atoms with Crippen molar-refractivity contribution in [3.8, 4) is 11.3 Å². The van der Waals surface area contributed by atoms with Gasteiger partial charge in [-0.25, -0.2) is 4.39 Å². The monoisotopic (exact) mass is 456 g/mol. The fourth-order valence-corrected chi connectivity index (χ4v) is 3.88. The Balaban J connectivity index is 1.45. The van der Waals surface area contributed by atoms with Gasteiger partial charge in [0.25, 0.3) is 11.1 Å². The van der Waals surface area contributed by atoms with E-state index in [1.807, 2.05) is 0 Å². The molecule has 1 aliphatic rings. The van der Waals surface area contributed by atoms with Gasteiger partial charge < -0.3 is 9.73 Å². The van der Waals surface area contributed by atoms with Gasteiger partial charge in [0.2, 0.25) is 5.91 Å². The Kier molecular flexibility index (Phi) is 5.92. The van der Waals surface area contributed by atoms with Gasteiger partial charge in [-0.3, -0.25) is 19.3 Å². The zero-order valence-electron chi connectivity index (χ0n) is 15.8. The van der Waals surface area contributed by atoms with Gasteiger partial charge in [-0.05, 0) is 66.4 Å². The lowest BCUT2D eigenvalue weighted by Gasteiger charge is -2.12. The standard InChI is InChI=1S/C22H14ClFN2O4S/c23-14-2-1-3-16(10-14)25-20(27)12-26-21(28)19(31-22(26)29)11-17-8-9-18(30-17)13-4-6-15(24)7-5-13/h1-11H,12H2,(H,25,27)/b19-11-. The molecule has 1 aliphatic heterocycles. The van der Waals surface area contributed by atoms with Gasteiger partial charge in [-0.2, -0.15) is 0 Å². The summed E-state index contributed by atoms with van der Waals surface area (Å²) in [6.45, 7) is -0.423. The lowest BCUT2D eigenvalue weighted by atomic mass is 10.2. The molecule has 0 bridgehead atoms. The molecule has 2 aromatic carbocycles. The van der Waals surface area contributed by atoms with Crippen molar-refractivity contribution >= 4 is 52.2 Å². The number of nitrogens with zero attached hydrogens (tertiary/aromatic N) is 1. The summed E-state index contributed by atoms with van der Waals surface area (Å²) in [4.78, 5) is 38.1. The topological polar surface area (TPSA) is 79.6 Å². The maximum atomic E-state index is 13.1. The number of furan rings is 1. The molecule has 0 radical (unpaired) electrons. The zero-order chi connectivity index (χ0) is 22.0. The van der Waals surface area contributed by atoms with E-state index in [0.29, 0.717) is 27.8 Å². The molecule has 2 heterocycles. The highest BCUT2D eigenvalue weighted by molar-refractivity contribution is 8.18. The Morgan fingerprint density at radius 3 is 2.65 bits per heavy atom. The fraction of sp³-hybridized carbons (Fsp3) is 0.0455. The van der Waals surface area contributed by atoms with E-state index in [1.165, 1.54) is 18.2 Å². The molecule has 0 unspecified atom stereocenters. The summed E-state index contributed by atoms with van der Waals surface area (Å²) in [5, 5.41) is 2.49. The number of carbonyl (C=O) groups excluding carboxylic acids is 3. The van der Waals surface area contributed by atoms with Gasteiger partial charge in [0.05, 0.1) is 4.91 Å². The van der Waals surface area contributed by atoms with Crippen LogP contribution in [0.5, 0.6) is 0 Å². The third-order valence-corrected chi connectivity index (χ3v) is 5.46. The Morgan fingerprint density at radius 1 is 1.13 bits per heavy atom. The summed E-state index contributed by atoms with van der Waals surface area (Å²) in [7, 11) is 0. The second kappa shape index (κ2) is 8.79. The summed E-state index contributed by atoms with van der Waals surface area (Å²) in [5.41, 5.74) is 1.13. The van der Waals surface area contributed by atoms with Crippen LogP contribution in [0.25, 0.3) is 17.4 Å². The lowest BCUT2D eigenvalue weighted by Crippen LogP contribution is -2.36. The molecular weight excluding hydrogens is 443 g/mol. The third-order valence-electron chi connectivity index (χ3n) is 4.31. The smallest absolute Gasteiger partial charge is 0.294 e. The molecule has 1 aromatic heterocycles. The van der Waals surface area contributed by atoms with E-state index in [0.717, 1.165) is 16.7 Å². The van der Waals surface area contributed by atoms with Crippen LogP contribution in [-0.2, 0) is 9.59 Å². The maximum absolute atomic E-state index is 13.1. The number of hydrogen-bond acceptors (Lipinski definition) is 5. The lowest BCUT2D eigenvalue weighted by molar-refractivity contribution is -0.127. The number of halogens is 2. The van der Waals surface area contributed by atoms with Gasteiger partial charge in [-0.15, -0.1) is 0 Å². The number of hydrogen-bond donors (Lipinski definition) is 1. The van der Waals surface area contributed by atoms with Crippen LogP contribution in [0, 0.1) is 5.82 Å². The molecule has 0 spiro atoms. The van der Waals surface area contributed by atoms with E-state index in [9.17, 15) is 18.8 Å². The molecule has 9 heteroatoms. The highest BCUT2D eigenvalue weighted by Crippen LogP contribution is 2.33. The molecule has 1 fully saturated rings. The average Bonchev–Trinajstić information content (AvgIpc) is 3.29. The molecule has 3 aromatic rings. The summed E-state index contributed by atoms with van der Waals surface area (Å²) in [6, 6.07) is 15.6. The van der Waals surface area contributed by atoms with E-state index in [2.05, 4.69) is 5.32 Å². The first-order valence-corrected chi connectivity index (χ1v) is 10.2. The quantitative estimate of drug-likeness (QED) is 0.519. The molecular formula is C22H14ClFN2O4S. The molecule has 4 rings (SSSR count). The van der Waals surface area contributed by atoms with Crippen molar-refractivity contribution in [2.24, 2.45) is 0 Å². The van der Waals surface area contributed by atoms with Crippen LogP contribution in [0.2, 0.25) is 5.02 Å². The highest BCUT2D eigenvalue weighted by Gasteiger charge is 2.36. The van der Waals surface area contributed by atoms with Crippen molar-refractivity contribution in [2.45, 2.75) is 0 Å². The Labute approximate surface area is 185 Å². The number of benzene rings is 2. The first-order valence-electron chi connectivity index (χ1n) is 9.05. The van der Waals surface area contributed by atoms with Crippen LogP contribution >= 0.6 is 23.4 Å². The summed E-state index contributed by atoms with van der Waals surface area (Å²) in [6.07, 6.45) is 1.44. The summed E-state index contributed by atoms with van der Waals surface area (Å²) in [5.74, 6) is -0.624. The van der Waals surface area contributed by atoms with E-state index in [-0.39, 0.29) is 10.7 Å². The molecule has 1 N–H and O–H groups in total. The van der Waals surface area contributed by atoms with Crippen LogP contribution < -0.4 is 5.32 Å². The van der Waals surface area contributed by atoms with Crippen molar-refractivity contribution in [2.75, 3.05) is 11.9 Å². The highest BCUT2D eigenvalue weighted by atomic mass is 35.5. The average molecular weight is 457 g/mol. The first kappa shape index (κ1) is 20.9. The molecule has 1 saturated heterocycles. The number of carbonyl (C=O) groups is 3. The van der Waals surface area contributed by atoms with Gasteiger partial charge in [-0.1, -0.05) is 17.7 Å². The van der Waals surface area contributed by atoms with Gasteiger partial charge in [0, 0.05) is 22.3 Å². The summed E-state index contributed by atoms with van der Waals surface area (Å²) >= 11 is 6.60. The van der Waals surface area contributed by atoms with Crippen molar-refractivity contribution in [3.63, 3.8) is 0 Å². The molecule has 3 amide bonds. The molecule has 31 heavy (non-hydrogen) atoms. The second-order valence-corrected chi connectivity index (χ2v) is 7.96. The minimum Gasteiger partial charge on any atom is -0.457 e. The van der Waals surface area contributed by atoms with Gasteiger partial charge in [0.1, 0.15) is 23.9 Å². The van der Waals surface area contributed by atoms with Crippen molar-refractivity contribution in [1.29, 1.82) is 0 Å². The number of rotatable bonds is 5. The number of nitrogens with one attached hydrogen (secondary N) is 1.